The summed E-state index contributed by atoms with van der Waals surface area (Å²) in [7, 11) is 0. The number of hydrogen-bond acceptors (Lipinski definition) is 4. The summed E-state index contributed by atoms with van der Waals surface area (Å²) < 4.78 is 0. The summed E-state index contributed by atoms with van der Waals surface area (Å²) in [4.78, 5) is 31.0. The number of aryl methyl sites for hydroxylation is 3. The zero-order valence-corrected chi connectivity index (χ0v) is 16.3. The summed E-state index contributed by atoms with van der Waals surface area (Å²) in [6.07, 6.45) is 1.83. The van der Waals surface area contributed by atoms with Gasteiger partial charge in [0.25, 0.3) is 5.91 Å². The standard InChI is InChI=1S/C21H28N4O2/c1-13-6-7-17-18(11-14(2)24-19(17)15(13)3)21(27)23-8-10-25-9-4-5-16(12-25)20(22)26/h6-7,11,16H,4-5,8-10,12H2,1-3H3,(H2,22,26)(H,23,27)/t16-/m0/s1. The Labute approximate surface area is 160 Å². The molecule has 2 aromatic rings. The second kappa shape index (κ2) is 8.05. The molecule has 1 saturated heterocycles. The molecular weight excluding hydrogens is 340 g/mol. The number of primary amides is 1. The van der Waals surface area contributed by atoms with Crippen molar-refractivity contribution < 1.29 is 9.59 Å². The van der Waals surface area contributed by atoms with Gasteiger partial charge < -0.3 is 16.0 Å². The Morgan fingerprint density at radius 2 is 2.07 bits per heavy atom. The molecule has 1 fully saturated rings. The Morgan fingerprint density at radius 3 is 2.81 bits per heavy atom. The predicted molar refractivity (Wildman–Crippen MR) is 107 cm³/mol. The van der Waals surface area contributed by atoms with E-state index in [0.29, 0.717) is 18.7 Å². The number of nitrogens with one attached hydrogen (secondary N) is 1. The highest BCUT2D eigenvalue weighted by Gasteiger charge is 2.23. The smallest absolute Gasteiger partial charge is 0.252 e. The zero-order valence-electron chi connectivity index (χ0n) is 16.3. The number of benzene rings is 1. The molecule has 6 nitrogen and oxygen atoms in total. The van der Waals surface area contributed by atoms with Gasteiger partial charge in [-0.25, -0.2) is 0 Å². The number of fused-ring (bicyclic) bond motifs is 1. The van der Waals surface area contributed by atoms with Crippen molar-refractivity contribution in [3.05, 3.63) is 40.6 Å². The monoisotopic (exact) mass is 368 g/mol. The van der Waals surface area contributed by atoms with Crippen LogP contribution in [0.3, 0.4) is 0 Å². The minimum Gasteiger partial charge on any atom is -0.369 e. The highest BCUT2D eigenvalue weighted by atomic mass is 16.2. The van der Waals surface area contributed by atoms with Gasteiger partial charge in [0, 0.05) is 30.7 Å². The zero-order chi connectivity index (χ0) is 19.6. The Kier molecular flexibility index (Phi) is 5.75. The molecule has 27 heavy (non-hydrogen) atoms. The Morgan fingerprint density at radius 1 is 1.30 bits per heavy atom. The van der Waals surface area contributed by atoms with Crippen molar-refractivity contribution in [2.24, 2.45) is 11.7 Å². The Balaban J connectivity index is 1.68. The predicted octanol–water partition coefficient (Wildman–Crippen LogP) is 2.09. The van der Waals surface area contributed by atoms with E-state index in [1.165, 1.54) is 5.56 Å². The van der Waals surface area contributed by atoms with Gasteiger partial charge in [0.1, 0.15) is 0 Å². The first-order chi connectivity index (χ1) is 12.9. The lowest BCUT2D eigenvalue weighted by Crippen LogP contribution is -2.44. The van der Waals surface area contributed by atoms with Crippen LogP contribution in [0.15, 0.2) is 18.2 Å². The van der Waals surface area contributed by atoms with Crippen molar-refractivity contribution in [1.82, 2.24) is 15.2 Å². The van der Waals surface area contributed by atoms with Crippen LogP contribution in [-0.2, 0) is 4.79 Å². The minimum atomic E-state index is -0.229. The largest absolute Gasteiger partial charge is 0.369 e. The number of likely N-dealkylation sites (tertiary alicyclic amines) is 1. The van der Waals surface area contributed by atoms with E-state index in [2.05, 4.69) is 22.1 Å². The summed E-state index contributed by atoms with van der Waals surface area (Å²) in [5.41, 5.74) is 10.1. The number of carbonyl (C=O) groups is 2. The van der Waals surface area contributed by atoms with Crippen molar-refractivity contribution in [3.8, 4) is 0 Å². The van der Waals surface area contributed by atoms with Crippen LogP contribution in [-0.4, -0.2) is 47.9 Å². The van der Waals surface area contributed by atoms with Crippen LogP contribution < -0.4 is 11.1 Å². The van der Waals surface area contributed by atoms with Crippen molar-refractivity contribution in [1.29, 1.82) is 0 Å². The van der Waals surface area contributed by atoms with E-state index in [1.807, 2.05) is 32.0 Å². The number of carbonyl (C=O) groups excluding carboxylic acids is 2. The van der Waals surface area contributed by atoms with Crippen molar-refractivity contribution in [3.63, 3.8) is 0 Å². The second-order valence-electron chi connectivity index (χ2n) is 7.51. The molecule has 0 spiro atoms. The lowest BCUT2D eigenvalue weighted by atomic mass is 9.97. The molecule has 0 unspecified atom stereocenters. The van der Waals surface area contributed by atoms with Crippen LogP contribution in [0.1, 0.15) is 40.0 Å². The van der Waals surface area contributed by atoms with E-state index in [1.54, 1.807) is 0 Å². The maximum Gasteiger partial charge on any atom is 0.252 e. The average Bonchev–Trinajstić information content (AvgIpc) is 2.64. The molecule has 0 saturated carbocycles. The molecule has 3 N–H and O–H groups in total. The van der Waals surface area contributed by atoms with Crippen LogP contribution in [0, 0.1) is 26.7 Å². The van der Waals surface area contributed by atoms with Gasteiger partial charge in [-0.3, -0.25) is 14.6 Å². The molecule has 1 atom stereocenters. The molecule has 0 radical (unpaired) electrons. The number of amides is 2. The maximum absolute atomic E-state index is 12.8. The topological polar surface area (TPSA) is 88.3 Å². The molecule has 144 valence electrons. The third-order valence-electron chi connectivity index (χ3n) is 5.50. The van der Waals surface area contributed by atoms with Gasteiger partial charge in [-0.1, -0.05) is 12.1 Å². The highest BCUT2D eigenvalue weighted by Crippen LogP contribution is 2.24. The van der Waals surface area contributed by atoms with Crippen LogP contribution in [0.2, 0.25) is 0 Å². The molecule has 0 bridgehead atoms. The van der Waals surface area contributed by atoms with Crippen molar-refractivity contribution in [2.45, 2.75) is 33.6 Å². The van der Waals surface area contributed by atoms with Gasteiger partial charge in [0.05, 0.1) is 17.0 Å². The van der Waals surface area contributed by atoms with Gasteiger partial charge in [-0.2, -0.15) is 0 Å². The number of aromatic nitrogens is 1. The van der Waals surface area contributed by atoms with Gasteiger partial charge in [0.15, 0.2) is 0 Å². The third-order valence-corrected chi connectivity index (χ3v) is 5.50. The van der Waals surface area contributed by atoms with E-state index >= 15 is 0 Å². The molecule has 1 aromatic carbocycles. The summed E-state index contributed by atoms with van der Waals surface area (Å²) in [6.45, 7) is 8.88. The van der Waals surface area contributed by atoms with E-state index in [4.69, 9.17) is 5.73 Å². The molecule has 1 aliphatic rings. The summed E-state index contributed by atoms with van der Waals surface area (Å²) in [5, 5.41) is 3.90. The first kappa shape index (κ1) is 19.3. The molecule has 2 amide bonds. The molecule has 1 aromatic heterocycles. The van der Waals surface area contributed by atoms with E-state index < -0.39 is 0 Å². The number of nitrogens with two attached hydrogens (primary N) is 1. The number of nitrogens with zero attached hydrogens (tertiary/aromatic N) is 2. The molecule has 1 aliphatic heterocycles. The summed E-state index contributed by atoms with van der Waals surface area (Å²) in [6, 6.07) is 5.85. The van der Waals surface area contributed by atoms with E-state index in [9.17, 15) is 9.59 Å². The van der Waals surface area contributed by atoms with Crippen LogP contribution in [0.5, 0.6) is 0 Å². The molecule has 3 rings (SSSR count). The average molecular weight is 368 g/mol. The fourth-order valence-electron chi connectivity index (χ4n) is 3.76. The van der Waals surface area contributed by atoms with Gasteiger partial charge in [-0.05, 0) is 57.4 Å². The fourth-order valence-corrected chi connectivity index (χ4v) is 3.76. The number of hydrogen-bond donors (Lipinski definition) is 2. The minimum absolute atomic E-state index is 0.0764. The normalized spacial score (nSPS) is 17.8. The lowest BCUT2D eigenvalue weighted by molar-refractivity contribution is -0.123. The van der Waals surface area contributed by atoms with E-state index in [-0.39, 0.29) is 17.7 Å². The molecule has 6 heteroatoms. The number of rotatable bonds is 5. The van der Waals surface area contributed by atoms with Gasteiger partial charge in [-0.15, -0.1) is 0 Å². The van der Waals surface area contributed by atoms with Crippen LogP contribution in [0.4, 0.5) is 0 Å². The van der Waals surface area contributed by atoms with Crippen LogP contribution in [0.25, 0.3) is 10.9 Å². The molecule has 0 aliphatic carbocycles. The number of piperidine rings is 1. The Hall–Kier alpha value is -2.47. The number of pyridine rings is 1. The lowest BCUT2D eigenvalue weighted by Gasteiger charge is -2.31. The Bertz CT molecular complexity index is 878. The van der Waals surface area contributed by atoms with Crippen LogP contribution >= 0.6 is 0 Å². The summed E-state index contributed by atoms with van der Waals surface area (Å²) >= 11 is 0. The highest BCUT2D eigenvalue weighted by molar-refractivity contribution is 6.07. The third kappa shape index (κ3) is 4.27. The van der Waals surface area contributed by atoms with Crippen molar-refractivity contribution >= 4 is 22.7 Å². The molecular formula is C21H28N4O2. The molecule has 2 heterocycles. The quantitative estimate of drug-likeness (QED) is 0.846. The first-order valence-electron chi connectivity index (χ1n) is 9.54. The van der Waals surface area contributed by atoms with Crippen molar-refractivity contribution in [2.75, 3.05) is 26.2 Å². The maximum atomic E-state index is 12.8. The first-order valence-corrected chi connectivity index (χ1v) is 9.54. The fraction of sp³-hybridized carbons (Fsp3) is 0.476. The van der Waals surface area contributed by atoms with E-state index in [0.717, 1.165) is 48.1 Å². The van der Waals surface area contributed by atoms with Gasteiger partial charge in [0.2, 0.25) is 5.91 Å². The summed E-state index contributed by atoms with van der Waals surface area (Å²) in [5.74, 6) is -0.391. The van der Waals surface area contributed by atoms with Gasteiger partial charge >= 0.3 is 0 Å². The second-order valence-corrected chi connectivity index (χ2v) is 7.51. The SMILES string of the molecule is Cc1cc(C(=O)NCCN2CCC[C@H](C(N)=O)C2)c2ccc(C)c(C)c2n1.